The van der Waals surface area contributed by atoms with Gasteiger partial charge in [-0.25, -0.2) is 0 Å². The first-order chi connectivity index (χ1) is 9.61. The average Bonchev–Trinajstić information content (AvgIpc) is 2.45. The SMILES string of the molecule is COc1ccccc1N1CCCN(CCC=O)S1(=O)=O. The van der Waals surface area contributed by atoms with E-state index < -0.39 is 10.2 Å². The van der Waals surface area contributed by atoms with Crippen molar-refractivity contribution >= 4 is 22.2 Å². The predicted octanol–water partition coefficient (Wildman–Crippen LogP) is 1.04. The first-order valence-corrected chi connectivity index (χ1v) is 7.85. The van der Waals surface area contributed by atoms with Gasteiger partial charge in [0.1, 0.15) is 12.0 Å². The van der Waals surface area contributed by atoms with E-state index in [1.54, 1.807) is 24.3 Å². The third kappa shape index (κ3) is 2.78. The predicted molar refractivity (Wildman–Crippen MR) is 76.1 cm³/mol. The maximum Gasteiger partial charge on any atom is 0.304 e. The molecule has 1 heterocycles. The van der Waals surface area contributed by atoms with Crippen LogP contribution in [0.25, 0.3) is 0 Å². The van der Waals surface area contributed by atoms with E-state index in [2.05, 4.69) is 0 Å². The fraction of sp³-hybridized carbons (Fsp3) is 0.462. The second kappa shape index (κ2) is 6.23. The molecule has 2 rings (SSSR count). The standard InChI is InChI=1S/C13H18N2O4S/c1-19-13-7-3-2-6-12(13)15-10-4-8-14(9-5-11-16)20(15,17)18/h2-3,6-7,11H,4-5,8-10H2,1H3. The molecule has 0 bridgehead atoms. The summed E-state index contributed by atoms with van der Waals surface area (Å²) >= 11 is 0. The molecule has 7 heteroatoms. The van der Waals surface area contributed by atoms with Gasteiger partial charge in [-0.1, -0.05) is 12.1 Å². The van der Waals surface area contributed by atoms with Crippen LogP contribution >= 0.6 is 0 Å². The summed E-state index contributed by atoms with van der Waals surface area (Å²) in [6.45, 7) is 1.08. The van der Waals surface area contributed by atoms with Gasteiger partial charge in [0.05, 0.1) is 12.8 Å². The number of methoxy groups -OCH3 is 1. The van der Waals surface area contributed by atoms with E-state index in [1.165, 1.54) is 15.7 Å². The molecule has 0 unspecified atom stereocenters. The second-order valence-corrected chi connectivity index (χ2v) is 6.31. The molecule has 0 aromatic heterocycles. The third-order valence-electron chi connectivity index (χ3n) is 3.22. The van der Waals surface area contributed by atoms with Gasteiger partial charge < -0.3 is 9.53 Å². The lowest BCUT2D eigenvalue weighted by molar-refractivity contribution is -0.107. The number of hydrogen-bond acceptors (Lipinski definition) is 4. The van der Waals surface area contributed by atoms with E-state index in [0.29, 0.717) is 24.5 Å². The van der Waals surface area contributed by atoms with Gasteiger partial charge in [-0.15, -0.1) is 0 Å². The summed E-state index contributed by atoms with van der Waals surface area (Å²) in [7, 11) is -2.08. The fourth-order valence-electron chi connectivity index (χ4n) is 2.27. The van der Waals surface area contributed by atoms with Crippen LogP contribution < -0.4 is 9.04 Å². The fourth-order valence-corrected chi connectivity index (χ4v) is 4.00. The Bertz CT molecular complexity index is 573. The molecule has 1 aliphatic rings. The molecule has 1 saturated heterocycles. The molecule has 0 N–H and O–H groups in total. The zero-order chi connectivity index (χ0) is 14.6. The van der Waals surface area contributed by atoms with Crippen molar-refractivity contribution in [2.24, 2.45) is 0 Å². The van der Waals surface area contributed by atoms with Crippen LogP contribution in [0.5, 0.6) is 5.75 Å². The number of carbonyl (C=O) groups excluding carboxylic acids is 1. The molecule has 1 fully saturated rings. The minimum atomic E-state index is -3.59. The number of anilines is 1. The van der Waals surface area contributed by atoms with E-state index in [4.69, 9.17) is 4.74 Å². The summed E-state index contributed by atoms with van der Waals surface area (Å²) in [5.74, 6) is 0.522. The van der Waals surface area contributed by atoms with Crippen LogP contribution in [0.2, 0.25) is 0 Å². The zero-order valence-corrected chi connectivity index (χ0v) is 12.2. The summed E-state index contributed by atoms with van der Waals surface area (Å²) < 4.78 is 33.1. The van der Waals surface area contributed by atoms with Crippen molar-refractivity contribution in [3.63, 3.8) is 0 Å². The molecular weight excluding hydrogens is 280 g/mol. The molecule has 1 aliphatic heterocycles. The molecular formula is C13H18N2O4S. The monoisotopic (exact) mass is 298 g/mol. The van der Waals surface area contributed by atoms with E-state index in [0.717, 1.165) is 12.7 Å². The van der Waals surface area contributed by atoms with Crippen LogP contribution in [0.15, 0.2) is 24.3 Å². The van der Waals surface area contributed by atoms with Crippen LogP contribution in [0, 0.1) is 0 Å². The van der Waals surface area contributed by atoms with Gasteiger partial charge in [0, 0.05) is 26.1 Å². The lowest BCUT2D eigenvalue weighted by atomic mass is 10.3. The van der Waals surface area contributed by atoms with Gasteiger partial charge in [0.15, 0.2) is 0 Å². The number of ether oxygens (including phenoxy) is 1. The van der Waals surface area contributed by atoms with Crippen LogP contribution in [-0.2, 0) is 15.0 Å². The van der Waals surface area contributed by atoms with Crippen molar-refractivity contribution in [1.29, 1.82) is 0 Å². The highest BCUT2D eigenvalue weighted by Crippen LogP contribution is 2.32. The number of hydrogen-bond donors (Lipinski definition) is 0. The maximum atomic E-state index is 12.6. The van der Waals surface area contributed by atoms with E-state index in [9.17, 15) is 13.2 Å². The summed E-state index contributed by atoms with van der Waals surface area (Å²) in [6, 6.07) is 7.02. The Kier molecular flexibility index (Phi) is 4.61. The second-order valence-electron chi connectivity index (χ2n) is 4.46. The van der Waals surface area contributed by atoms with Crippen LogP contribution in [-0.4, -0.2) is 45.8 Å². The van der Waals surface area contributed by atoms with Gasteiger partial charge in [-0.3, -0.25) is 4.31 Å². The van der Waals surface area contributed by atoms with Gasteiger partial charge in [0.2, 0.25) is 0 Å². The van der Waals surface area contributed by atoms with Gasteiger partial charge in [0.25, 0.3) is 0 Å². The molecule has 0 amide bonds. The minimum absolute atomic E-state index is 0.207. The summed E-state index contributed by atoms with van der Waals surface area (Å²) in [4.78, 5) is 10.5. The molecule has 0 spiro atoms. The highest BCUT2D eigenvalue weighted by atomic mass is 32.2. The highest BCUT2D eigenvalue weighted by molar-refractivity contribution is 7.90. The van der Waals surface area contributed by atoms with Crippen molar-refractivity contribution < 1.29 is 17.9 Å². The van der Waals surface area contributed by atoms with Gasteiger partial charge >= 0.3 is 10.2 Å². The number of para-hydroxylation sites is 2. The Morgan fingerprint density at radius 1 is 1.30 bits per heavy atom. The van der Waals surface area contributed by atoms with E-state index >= 15 is 0 Å². The van der Waals surface area contributed by atoms with Crippen LogP contribution in [0.3, 0.4) is 0 Å². The van der Waals surface area contributed by atoms with Crippen molar-refractivity contribution in [3.8, 4) is 5.75 Å². The lowest BCUT2D eigenvalue weighted by Crippen LogP contribution is -2.50. The Morgan fingerprint density at radius 3 is 2.75 bits per heavy atom. The maximum absolute atomic E-state index is 12.6. The Labute approximate surface area is 119 Å². The molecule has 6 nitrogen and oxygen atoms in total. The molecule has 1 aromatic carbocycles. The molecule has 110 valence electrons. The molecule has 1 aromatic rings. The number of nitrogens with zero attached hydrogens (tertiary/aromatic N) is 2. The number of carbonyl (C=O) groups is 1. The Morgan fingerprint density at radius 2 is 2.05 bits per heavy atom. The summed E-state index contributed by atoms with van der Waals surface area (Å²) in [6.07, 6.45) is 1.66. The highest BCUT2D eigenvalue weighted by Gasteiger charge is 2.34. The van der Waals surface area contributed by atoms with Gasteiger partial charge in [-0.2, -0.15) is 12.7 Å². The Hall–Kier alpha value is -1.60. The third-order valence-corrected chi connectivity index (χ3v) is 5.18. The molecule has 0 atom stereocenters. The minimum Gasteiger partial charge on any atom is -0.495 e. The largest absolute Gasteiger partial charge is 0.495 e. The van der Waals surface area contributed by atoms with Crippen molar-refractivity contribution in [2.75, 3.05) is 31.0 Å². The van der Waals surface area contributed by atoms with Crippen LogP contribution in [0.1, 0.15) is 12.8 Å². The lowest BCUT2D eigenvalue weighted by Gasteiger charge is -2.36. The van der Waals surface area contributed by atoms with Gasteiger partial charge in [-0.05, 0) is 18.6 Å². The molecule has 0 radical (unpaired) electrons. The topological polar surface area (TPSA) is 66.9 Å². The van der Waals surface area contributed by atoms with E-state index in [1.807, 2.05) is 0 Å². The normalized spacial score (nSPS) is 18.8. The Balaban J connectivity index is 2.33. The van der Waals surface area contributed by atoms with Crippen molar-refractivity contribution in [3.05, 3.63) is 24.3 Å². The molecule has 20 heavy (non-hydrogen) atoms. The number of aldehydes is 1. The molecule has 0 aliphatic carbocycles. The number of rotatable bonds is 5. The quantitative estimate of drug-likeness (QED) is 0.762. The zero-order valence-electron chi connectivity index (χ0n) is 11.4. The molecule has 0 saturated carbocycles. The summed E-state index contributed by atoms with van der Waals surface area (Å²) in [5, 5.41) is 0. The summed E-state index contributed by atoms with van der Waals surface area (Å²) in [5.41, 5.74) is 0.533. The van der Waals surface area contributed by atoms with Crippen LogP contribution in [0.4, 0.5) is 5.69 Å². The van der Waals surface area contributed by atoms with Crippen molar-refractivity contribution in [2.45, 2.75) is 12.8 Å². The van der Waals surface area contributed by atoms with E-state index in [-0.39, 0.29) is 13.0 Å². The first-order valence-electron chi connectivity index (χ1n) is 6.45. The average molecular weight is 298 g/mol. The number of benzene rings is 1. The smallest absolute Gasteiger partial charge is 0.304 e. The first kappa shape index (κ1) is 14.8. The van der Waals surface area contributed by atoms with Crippen molar-refractivity contribution in [1.82, 2.24) is 4.31 Å².